The molecule has 5 nitrogen and oxygen atoms in total. The van der Waals surface area contributed by atoms with Crippen molar-refractivity contribution in [1.29, 1.82) is 0 Å². The summed E-state index contributed by atoms with van der Waals surface area (Å²) in [5.41, 5.74) is 0.665. The number of carbonyl (C=O) groups excluding carboxylic acids is 1. The number of hydrogen-bond acceptors (Lipinski definition) is 2. The van der Waals surface area contributed by atoms with Gasteiger partial charge in [-0.15, -0.1) is 0 Å². The van der Waals surface area contributed by atoms with Gasteiger partial charge in [0.25, 0.3) is 0 Å². The average Bonchev–Trinajstić information content (AvgIpc) is 3.16. The van der Waals surface area contributed by atoms with Crippen LogP contribution in [0, 0.1) is 11.6 Å². The number of nitrogens with one attached hydrogen (secondary N) is 1. The Hall–Kier alpha value is -2.44. The van der Waals surface area contributed by atoms with Gasteiger partial charge in [0, 0.05) is 38.1 Å². The first-order valence-electron chi connectivity index (χ1n) is 8.49. The van der Waals surface area contributed by atoms with Crippen LogP contribution in [0.4, 0.5) is 13.6 Å². The maximum atomic E-state index is 13.3. The normalized spacial score (nSPS) is 16.7. The Morgan fingerprint density at radius 1 is 1.32 bits per heavy atom. The first-order valence-corrected chi connectivity index (χ1v) is 8.49. The zero-order chi connectivity index (χ0) is 17.8. The van der Waals surface area contributed by atoms with Crippen LogP contribution in [0.25, 0.3) is 0 Å². The lowest BCUT2D eigenvalue weighted by molar-refractivity contribution is 0.171. The number of aromatic nitrogens is 2. The van der Waals surface area contributed by atoms with Gasteiger partial charge in [-0.2, -0.15) is 0 Å². The third-order valence-corrected chi connectivity index (χ3v) is 4.77. The fourth-order valence-electron chi connectivity index (χ4n) is 3.14. The molecule has 3 rings (SSSR count). The first-order chi connectivity index (χ1) is 12.0. The maximum Gasteiger partial charge on any atom is 0.317 e. The van der Waals surface area contributed by atoms with Gasteiger partial charge in [0.05, 0.1) is 6.33 Å². The highest BCUT2D eigenvalue weighted by Crippen LogP contribution is 2.22. The van der Waals surface area contributed by atoms with Crippen molar-refractivity contribution in [2.45, 2.75) is 31.7 Å². The van der Waals surface area contributed by atoms with E-state index in [1.807, 2.05) is 19.4 Å². The SMILES string of the molecule is CC(CNC(=O)N1CCC(n2ccnc2)CC1)c1ccc(F)c(F)c1. The number of nitrogens with zero attached hydrogens (tertiary/aromatic N) is 3. The number of amides is 2. The molecule has 1 saturated heterocycles. The zero-order valence-electron chi connectivity index (χ0n) is 14.2. The minimum atomic E-state index is -0.864. The van der Waals surface area contributed by atoms with E-state index in [-0.39, 0.29) is 11.9 Å². The van der Waals surface area contributed by atoms with Gasteiger partial charge in [-0.3, -0.25) is 0 Å². The molecule has 1 atom stereocenters. The van der Waals surface area contributed by atoms with Gasteiger partial charge in [-0.1, -0.05) is 13.0 Å². The van der Waals surface area contributed by atoms with E-state index in [9.17, 15) is 13.6 Å². The molecule has 1 fully saturated rings. The molecular formula is C18H22F2N4O. The number of likely N-dealkylation sites (tertiary alicyclic amines) is 1. The molecule has 1 N–H and O–H groups in total. The van der Waals surface area contributed by atoms with Crippen molar-refractivity contribution in [2.24, 2.45) is 0 Å². The standard InChI is InChI=1S/C18H22F2N4O/c1-13(14-2-3-16(19)17(20)10-14)11-22-18(25)23-7-4-15(5-8-23)24-9-6-21-12-24/h2-3,6,9-10,12-13,15H,4-5,7-8,11H2,1H3,(H,22,25). The number of piperidine rings is 1. The average molecular weight is 348 g/mol. The van der Waals surface area contributed by atoms with Gasteiger partial charge in [0.2, 0.25) is 0 Å². The molecule has 0 spiro atoms. The van der Waals surface area contributed by atoms with Gasteiger partial charge >= 0.3 is 6.03 Å². The second kappa shape index (κ2) is 7.63. The molecule has 0 aliphatic carbocycles. The molecule has 0 bridgehead atoms. The predicted molar refractivity (Wildman–Crippen MR) is 90.2 cm³/mol. The Bertz CT molecular complexity index is 712. The van der Waals surface area contributed by atoms with Crippen LogP contribution in [0.2, 0.25) is 0 Å². The van der Waals surface area contributed by atoms with Crippen LogP contribution >= 0.6 is 0 Å². The summed E-state index contributed by atoms with van der Waals surface area (Å²) in [5, 5.41) is 2.89. The Balaban J connectivity index is 1.47. The summed E-state index contributed by atoms with van der Waals surface area (Å²) >= 11 is 0. The molecule has 2 aromatic rings. The van der Waals surface area contributed by atoms with Crippen LogP contribution in [0.3, 0.4) is 0 Å². The van der Waals surface area contributed by atoms with Crippen molar-refractivity contribution in [1.82, 2.24) is 19.8 Å². The topological polar surface area (TPSA) is 50.2 Å². The third kappa shape index (κ3) is 4.15. The van der Waals surface area contributed by atoms with Crippen LogP contribution in [-0.2, 0) is 0 Å². The highest BCUT2D eigenvalue weighted by molar-refractivity contribution is 5.74. The minimum Gasteiger partial charge on any atom is -0.337 e. The highest BCUT2D eigenvalue weighted by atomic mass is 19.2. The van der Waals surface area contributed by atoms with Gasteiger partial charge in [-0.25, -0.2) is 18.6 Å². The van der Waals surface area contributed by atoms with Crippen molar-refractivity contribution in [3.63, 3.8) is 0 Å². The van der Waals surface area contributed by atoms with E-state index in [2.05, 4.69) is 14.9 Å². The first kappa shape index (κ1) is 17.4. The molecule has 1 unspecified atom stereocenters. The van der Waals surface area contributed by atoms with Gasteiger partial charge in [-0.05, 0) is 36.5 Å². The maximum absolute atomic E-state index is 13.3. The predicted octanol–water partition coefficient (Wildman–Crippen LogP) is 3.31. The lowest BCUT2D eigenvalue weighted by atomic mass is 10.0. The summed E-state index contributed by atoms with van der Waals surface area (Å²) < 4.78 is 28.4. The second-order valence-corrected chi connectivity index (χ2v) is 6.49. The number of carbonyl (C=O) groups is 1. The summed E-state index contributed by atoms with van der Waals surface area (Å²) in [4.78, 5) is 18.2. The number of hydrogen-bond donors (Lipinski definition) is 1. The lowest BCUT2D eigenvalue weighted by Crippen LogP contribution is -2.45. The van der Waals surface area contributed by atoms with Crippen LogP contribution in [0.15, 0.2) is 36.9 Å². The van der Waals surface area contributed by atoms with E-state index in [1.165, 1.54) is 6.07 Å². The third-order valence-electron chi connectivity index (χ3n) is 4.77. The Morgan fingerprint density at radius 3 is 2.72 bits per heavy atom. The Morgan fingerprint density at radius 2 is 2.08 bits per heavy atom. The monoisotopic (exact) mass is 348 g/mol. The molecule has 134 valence electrons. The van der Waals surface area contributed by atoms with E-state index >= 15 is 0 Å². The van der Waals surface area contributed by atoms with E-state index < -0.39 is 11.6 Å². The van der Waals surface area contributed by atoms with Crippen LogP contribution < -0.4 is 5.32 Å². The Kier molecular flexibility index (Phi) is 5.31. The van der Waals surface area contributed by atoms with E-state index in [4.69, 9.17) is 0 Å². The number of halogens is 2. The van der Waals surface area contributed by atoms with Crippen molar-refractivity contribution in [3.05, 3.63) is 54.1 Å². The molecular weight excluding hydrogens is 326 g/mol. The Labute approximate surface area is 145 Å². The zero-order valence-corrected chi connectivity index (χ0v) is 14.2. The van der Waals surface area contributed by atoms with Gasteiger partial charge in [0.15, 0.2) is 11.6 Å². The molecule has 2 amide bonds. The number of urea groups is 1. The fraction of sp³-hybridized carbons (Fsp3) is 0.444. The lowest BCUT2D eigenvalue weighted by Gasteiger charge is -2.32. The molecule has 1 aliphatic heterocycles. The molecule has 2 heterocycles. The molecule has 25 heavy (non-hydrogen) atoms. The van der Waals surface area contributed by atoms with E-state index in [0.717, 1.165) is 18.9 Å². The molecule has 1 aliphatic rings. The molecule has 7 heteroatoms. The molecule has 1 aromatic carbocycles. The molecule has 1 aromatic heterocycles. The summed E-state index contributed by atoms with van der Waals surface area (Å²) in [6, 6.07) is 4.12. The number of benzene rings is 1. The summed E-state index contributed by atoms with van der Waals surface area (Å²) in [5.74, 6) is -1.82. The van der Waals surface area contributed by atoms with Gasteiger partial charge in [0.1, 0.15) is 0 Å². The summed E-state index contributed by atoms with van der Waals surface area (Å²) in [7, 11) is 0. The van der Waals surface area contributed by atoms with Crippen LogP contribution in [0.5, 0.6) is 0 Å². The van der Waals surface area contributed by atoms with Crippen LogP contribution in [0.1, 0.15) is 37.3 Å². The highest BCUT2D eigenvalue weighted by Gasteiger charge is 2.23. The molecule has 0 saturated carbocycles. The largest absolute Gasteiger partial charge is 0.337 e. The molecule has 0 radical (unpaired) electrons. The smallest absolute Gasteiger partial charge is 0.317 e. The summed E-state index contributed by atoms with van der Waals surface area (Å²) in [6.45, 7) is 3.63. The van der Waals surface area contributed by atoms with E-state index in [1.54, 1.807) is 17.2 Å². The second-order valence-electron chi connectivity index (χ2n) is 6.49. The fourth-order valence-corrected chi connectivity index (χ4v) is 3.14. The van der Waals surface area contributed by atoms with Crippen LogP contribution in [-0.4, -0.2) is 40.1 Å². The number of imidazole rings is 1. The van der Waals surface area contributed by atoms with Crippen molar-refractivity contribution < 1.29 is 13.6 Å². The van der Waals surface area contributed by atoms with E-state index in [0.29, 0.717) is 31.2 Å². The quantitative estimate of drug-likeness (QED) is 0.922. The van der Waals surface area contributed by atoms with Crippen molar-refractivity contribution >= 4 is 6.03 Å². The van der Waals surface area contributed by atoms with Gasteiger partial charge < -0.3 is 14.8 Å². The van der Waals surface area contributed by atoms with Crippen molar-refractivity contribution in [2.75, 3.05) is 19.6 Å². The number of rotatable bonds is 4. The van der Waals surface area contributed by atoms with Crippen molar-refractivity contribution in [3.8, 4) is 0 Å². The summed E-state index contributed by atoms with van der Waals surface area (Å²) in [6.07, 6.45) is 7.30. The minimum absolute atomic E-state index is 0.0949.